The van der Waals surface area contributed by atoms with Crippen LogP contribution in [0, 0.1) is 6.92 Å². The van der Waals surface area contributed by atoms with Crippen molar-refractivity contribution in [2.75, 3.05) is 11.9 Å². The van der Waals surface area contributed by atoms with Crippen LogP contribution >= 0.6 is 0 Å². The van der Waals surface area contributed by atoms with Gasteiger partial charge in [0.2, 0.25) is 0 Å². The maximum atomic E-state index is 12.2. The van der Waals surface area contributed by atoms with E-state index < -0.39 is 24.5 Å². The molecule has 3 rings (SSSR count). The number of esters is 2. The first-order valence-electron chi connectivity index (χ1n) is 9.72. The van der Waals surface area contributed by atoms with E-state index in [1.54, 1.807) is 73.3 Å². The highest BCUT2D eigenvalue weighted by molar-refractivity contribution is 5.96. The van der Waals surface area contributed by atoms with Crippen molar-refractivity contribution in [3.8, 4) is 5.69 Å². The van der Waals surface area contributed by atoms with E-state index >= 15 is 0 Å². The fourth-order valence-electron chi connectivity index (χ4n) is 2.76. The van der Waals surface area contributed by atoms with E-state index in [1.165, 1.54) is 0 Å². The number of aromatic nitrogens is 2. The standard InChI is InChI=1S/C23H23N3O5/c1-15(2)31-23(29)18-4-8-19(9-5-18)25-21(27)14-30-22(28)17-6-10-20(11-7-17)26-16(3)12-13-24-26/h4-13,15H,14H2,1-3H3,(H,25,27). The third kappa shape index (κ3) is 5.79. The molecular formula is C23H23N3O5. The molecule has 0 saturated carbocycles. The number of nitrogens with zero attached hydrogens (tertiary/aromatic N) is 2. The second-order valence-electron chi connectivity index (χ2n) is 7.09. The van der Waals surface area contributed by atoms with E-state index in [2.05, 4.69) is 10.4 Å². The molecule has 0 unspecified atom stereocenters. The molecule has 0 radical (unpaired) electrons. The molecule has 8 heteroatoms. The average molecular weight is 421 g/mol. The molecule has 1 aromatic heterocycles. The Kier molecular flexibility index (Phi) is 6.81. The van der Waals surface area contributed by atoms with Gasteiger partial charge in [-0.15, -0.1) is 0 Å². The van der Waals surface area contributed by atoms with Gasteiger partial charge in [-0.25, -0.2) is 14.3 Å². The monoisotopic (exact) mass is 421 g/mol. The van der Waals surface area contributed by atoms with Crippen molar-refractivity contribution in [3.63, 3.8) is 0 Å². The number of nitrogens with one attached hydrogen (secondary N) is 1. The van der Waals surface area contributed by atoms with E-state index in [0.29, 0.717) is 16.8 Å². The molecule has 8 nitrogen and oxygen atoms in total. The zero-order chi connectivity index (χ0) is 22.4. The van der Waals surface area contributed by atoms with Gasteiger partial charge < -0.3 is 14.8 Å². The van der Waals surface area contributed by atoms with Crippen LogP contribution in [0.4, 0.5) is 5.69 Å². The summed E-state index contributed by atoms with van der Waals surface area (Å²) in [6.07, 6.45) is 1.48. The van der Waals surface area contributed by atoms with Crippen LogP contribution in [-0.2, 0) is 14.3 Å². The van der Waals surface area contributed by atoms with Gasteiger partial charge in [-0.1, -0.05) is 0 Å². The van der Waals surface area contributed by atoms with Gasteiger partial charge in [-0.2, -0.15) is 5.10 Å². The Hall–Kier alpha value is -3.94. The number of hydrogen-bond donors (Lipinski definition) is 1. The van der Waals surface area contributed by atoms with Gasteiger partial charge in [0.1, 0.15) is 0 Å². The number of rotatable bonds is 7. The normalized spacial score (nSPS) is 10.6. The van der Waals surface area contributed by atoms with Crippen molar-refractivity contribution < 1.29 is 23.9 Å². The van der Waals surface area contributed by atoms with Crippen molar-refractivity contribution in [3.05, 3.63) is 77.6 Å². The molecule has 0 atom stereocenters. The fourth-order valence-corrected chi connectivity index (χ4v) is 2.76. The smallest absolute Gasteiger partial charge is 0.338 e. The molecule has 3 aromatic rings. The second kappa shape index (κ2) is 9.71. The number of carbonyl (C=O) groups excluding carboxylic acids is 3. The van der Waals surface area contributed by atoms with Gasteiger partial charge in [-0.3, -0.25) is 4.79 Å². The highest BCUT2D eigenvalue weighted by atomic mass is 16.5. The summed E-state index contributed by atoms with van der Waals surface area (Å²) in [6, 6.07) is 14.9. The number of amides is 1. The summed E-state index contributed by atoms with van der Waals surface area (Å²) in [5.74, 6) is -1.53. The van der Waals surface area contributed by atoms with Crippen molar-refractivity contribution in [2.45, 2.75) is 26.9 Å². The highest BCUT2D eigenvalue weighted by Gasteiger charge is 2.12. The van der Waals surface area contributed by atoms with Crippen LogP contribution in [0.15, 0.2) is 60.8 Å². The Labute approximate surface area is 179 Å². The van der Waals surface area contributed by atoms with Crippen molar-refractivity contribution in [2.24, 2.45) is 0 Å². The lowest BCUT2D eigenvalue weighted by Gasteiger charge is -2.09. The first-order chi connectivity index (χ1) is 14.8. The van der Waals surface area contributed by atoms with Gasteiger partial charge in [-0.05, 0) is 75.4 Å². The quantitative estimate of drug-likeness (QED) is 0.586. The Bertz CT molecular complexity index is 1070. The van der Waals surface area contributed by atoms with Crippen LogP contribution in [0.1, 0.15) is 40.3 Å². The molecule has 1 N–H and O–H groups in total. The van der Waals surface area contributed by atoms with Crippen LogP contribution < -0.4 is 5.32 Å². The molecule has 160 valence electrons. The summed E-state index contributed by atoms with van der Waals surface area (Å²) in [5.41, 5.74) is 2.97. The summed E-state index contributed by atoms with van der Waals surface area (Å²) in [4.78, 5) is 36.1. The molecule has 0 spiro atoms. The first-order valence-corrected chi connectivity index (χ1v) is 9.72. The van der Waals surface area contributed by atoms with Crippen molar-refractivity contribution >= 4 is 23.5 Å². The van der Waals surface area contributed by atoms with E-state index in [9.17, 15) is 14.4 Å². The number of ether oxygens (including phenoxy) is 2. The van der Waals surface area contributed by atoms with E-state index in [4.69, 9.17) is 9.47 Å². The predicted molar refractivity (Wildman–Crippen MR) is 114 cm³/mol. The molecule has 2 aromatic carbocycles. The summed E-state index contributed by atoms with van der Waals surface area (Å²) in [7, 11) is 0. The molecule has 0 aliphatic carbocycles. The van der Waals surface area contributed by atoms with E-state index in [0.717, 1.165) is 11.4 Å². The first kappa shape index (κ1) is 21.8. The maximum absolute atomic E-state index is 12.2. The Morgan fingerprint density at radius 1 is 0.935 bits per heavy atom. The molecule has 31 heavy (non-hydrogen) atoms. The number of benzene rings is 2. The number of carbonyl (C=O) groups is 3. The minimum atomic E-state index is -0.606. The Balaban J connectivity index is 1.50. The van der Waals surface area contributed by atoms with Crippen molar-refractivity contribution in [1.29, 1.82) is 0 Å². The molecule has 0 fully saturated rings. The van der Waals surface area contributed by atoms with Gasteiger partial charge in [0.15, 0.2) is 6.61 Å². The lowest BCUT2D eigenvalue weighted by atomic mass is 10.2. The summed E-state index contributed by atoms with van der Waals surface area (Å²) >= 11 is 0. The minimum Gasteiger partial charge on any atom is -0.459 e. The number of hydrogen-bond acceptors (Lipinski definition) is 6. The SMILES string of the molecule is Cc1ccnn1-c1ccc(C(=O)OCC(=O)Nc2ccc(C(=O)OC(C)C)cc2)cc1. The van der Waals surface area contributed by atoms with Gasteiger partial charge in [0, 0.05) is 17.6 Å². The summed E-state index contributed by atoms with van der Waals surface area (Å²) < 4.78 is 11.9. The zero-order valence-electron chi connectivity index (χ0n) is 17.5. The third-order valence-corrected chi connectivity index (χ3v) is 4.26. The van der Waals surface area contributed by atoms with Crippen LogP contribution in [0.3, 0.4) is 0 Å². The number of anilines is 1. The maximum Gasteiger partial charge on any atom is 0.338 e. The van der Waals surface area contributed by atoms with Crippen LogP contribution in [0.25, 0.3) is 5.69 Å². The molecule has 1 heterocycles. The van der Waals surface area contributed by atoms with Gasteiger partial charge in [0.25, 0.3) is 5.91 Å². The average Bonchev–Trinajstić information content (AvgIpc) is 3.18. The summed E-state index contributed by atoms with van der Waals surface area (Å²) in [6.45, 7) is 5.03. The van der Waals surface area contributed by atoms with Crippen LogP contribution in [-0.4, -0.2) is 40.3 Å². The molecular weight excluding hydrogens is 398 g/mol. The summed E-state index contributed by atoms with van der Waals surface area (Å²) in [5, 5.41) is 6.82. The van der Waals surface area contributed by atoms with Gasteiger partial charge >= 0.3 is 11.9 Å². The largest absolute Gasteiger partial charge is 0.459 e. The fraction of sp³-hybridized carbons (Fsp3) is 0.217. The number of aryl methyl sites for hydroxylation is 1. The Morgan fingerprint density at radius 2 is 1.55 bits per heavy atom. The third-order valence-electron chi connectivity index (χ3n) is 4.26. The Morgan fingerprint density at radius 3 is 2.13 bits per heavy atom. The molecule has 1 amide bonds. The predicted octanol–water partition coefficient (Wildman–Crippen LogP) is 3.54. The van der Waals surface area contributed by atoms with E-state index in [-0.39, 0.29) is 6.10 Å². The highest BCUT2D eigenvalue weighted by Crippen LogP contribution is 2.13. The zero-order valence-corrected chi connectivity index (χ0v) is 17.5. The van der Waals surface area contributed by atoms with Crippen LogP contribution in [0.5, 0.6) is 0 Å². The molecule has 0 aliphatic heterocycles. The van der Waals surface area contributed by atoms with Gasteiger partial charge in [0.05, 0.1) is 22.9 Å². The lowest BCUT2D eigenvalue weighted by molar-refractivity contribution is -0.119. The van der Waals surface area contributed by atoms with E-state index in [1.807, 2.05) is 13.0 Å². The van der Waals surface area contributed by atoms with Crippen molar-refractivity contribution in [1.82, 2.24) is 9.78 Å². The molecule has 0 bridgehead atoms. The lowest BCUT2D eigenvalue weighted by Crippen LogP contribution is -2.21. The van der Waals surface area contributed by atoms with Crippen LogP contribution in [0.2, 0.25) is 0 Å². The minimum absolute atomic E-state index is 0.215. The second-order valence-corrected chi connectivity index (χ2v) is 7.09. The molecule has 0 aliphatic rings. The topological polar surface area (TPSA) is 99.5 Å². The molecule has 0 saturated heterocycles.